The van der Waals surface area contributed by atoms with Crippen LogP contribution in [0.15, 0.2) is 95.9 Å². The lowest BCUT2D eigenvalue weighted by molar-refractivity contribution is 0.249. The van der Waals surface area contributed by atoms with Crippen molar-refractivity contribution in [2.45, 2.75) is 0 Å². The molecule has 5 heteroatoms. The van der Waals surface area contributed by atoms with Gasteiger partial charge in [0.25, 0.3) is 0 Å². The Hall–Kier alpha value is -3.60. The minimum atomic E-state index is -1.21. The highest BCUT2D eigenvalue weighted by atomic mass is 16.2. The molecule has 3 aromatic rings. The molecule has 0 saturated heterocycles. The van der Waals surface area contributed by atoms with Gasteiger partial charge in [-0.1, -0.05) is 66.6 Å². The Morgan fingerprint density at radius 2 is 1.32 bits per heavy atom. The number of hydrazone groups is 1. The van der Waals surface area contributed by atoms with Crippen molar-refractivity contribution in [3.8, 4) is 0 Å². The summed E-state index contributed by atoms with van der Waals surface area (Å²) in [6.45, 7) is 0. The number of carbonyl (C=O) groups excluding carboxylic acids is 1. The topological polar surface area (TPSA) is 50.0 Å². The molecule has 0 saturated carbocycles. The van der Waals surface area contributed by atoms with Crippen molar-refractivity contribution < 1.29 is 18.5 Å². The van der Waals surface area contributed by atoms with E-state index in [4.69, 9.17) is 13.7 Å². The molecule has 25 heavy (non-hydrogen) atoms. The quantitative estimate of drug-likeness (QED) is 0.712. The van der Waals surface area contributed by atoms with Crippen molar-refractivity contribution in [1.82, 2.24) is 5.43 Å². The third-order valence-electron chi connectivity index (χ3n) is 3.18. The molecule has 0 atom stereocenters. The highest BCUT2D eigenvalue weighted by Gasteiger charge is 2.32. The van der Waals surface area contributed by atoms with Crippen LogP contribution in [0.1, 0.15) is 19.3 Å². The first-order chi connectivity index (χ1) is 16.5. The number of anilines is 2. The van der Waals surface area contributed by atoms with Gasteiger partial charge in [-0.3, -0.25) is 0 Å². The van der Waals surface area contributed by atoms with Crippen LogP contribution in [0.2, 0.25) is 0 Å². The number of benzene rings is 3. The summed E-state index contributed by atoms with van der Waals surface area (Å²) in [5.41, 5.74) is 3.30. The fraction of sp³-hybridized carbons (Fsp3) is 0. The summed E-state index contributed by atoms with van der Waals surface area (Å²) >= 11 is 0. The molecule has 0 unspecified atom stereocenters. The molecule has 0 fully saturated rings. The first-order valence-electron chi connectivity index (χ1n) is 12.1. The average molecular weight is 337 g/mol. The van der Waals surface area contributed by atoms with Gasteiger partial charge in [-0.05, 0) is 24.2 Å². The maximum atomic E-state index is 13.5. The van der Waals surface area contributed by atoms with Gasteiger partial charge in [-0.25, -0.2) is 4.79 Å². The number of amidine groups is 1. The van der Waals surface area contributed by atoms with Crippen molar-refractivity contribution in [1.29, 1.82) is 0 Å². The number of hydrogen-bond donors (Lipinski definition) is 0. The van der Waals surface area contributed by atoms with Crippen LogP contribution in [0.25, 0.3) is 0 Å². The van der Waals surface area contributed by atoms with Gasteiger partial charge in [-0.15, -0.1) is 10.5 Å². The number of nitrogens with zero attached hydrogens (tertiary/aromatic N) is 4. The fourth-order valence-corrected chi connectivity index (χ4v) is 2.08. The predicted molar refractivity (Wildman–Crippen MR) is 98.4 cm³/mol. The predicted octanol–water partition coefficient (Wildman–Crippen LogP) is 4.01. The second kappa shape index (κ2) is 6.49. The van der Waals surface area contributed by atoms with Crippen molar-refractivity contribution in [2.75, 3.05) is 10.0 Å². The number of hydrogen-bond acceptors (Lipinski definition) is 2. The van der Waals surface area contributed by atoms with E-state index in [1.54, 1.807) is 30.3 Å². The van der Waals surface area contributed by atoms with Gasteiger partial charge in [-0.2, -0.15) is 10.0 Å². The zero-order valence-corrected chi connectivity index (χ0v) is 12.6. The second-order valence-electron chi connectivity index (χ2n) is 4.74. The van der Waals surface area contributed by atoms with Gasteiger partial charge in [0.15, 0.2) is 5.84 Å². The zero-order valence-electron chi connectivity index (χ0n) is 22.6. The largest absolute Gasteiger partial charge is 0.370 e. The third-order valence-corrected chi connectivity index (χ3v) is 3.18. The van der Waals surface area contributed by atoms with E-state index in [0.717, 1.165) is 0 Å². The maximum Gasteiger partial charge on any atom is 0.370 e. The summed E-state index contributed by atoms with van der Waals surface area (Å²) < 4.78 is 80.3. The lowest BCUT2D eigenvalue weighted by Gasteiger charge is -2.31. The first kappa shape index (κ1) is 7.53. The van der Waals surface area contributed by atoms with Crippen LogP contribution in [0.3, 0.4) is 0 Å². The summed E-state index contributed by atoms with van der Waals surface area (Å²) in [4.78, 5) is 13.5. The van der Waals surface area contributed by atoms with E-state index in [-0.39, 0.29) is 5.84 Å². The smallest absolute Gasteiger partial charge is 0.244 e. The second-order valence-corrected chi connectivity index (χ2v) is 4.74. The molecule has 1 aliphatic rings. The van der Waals surface area contributed by atoms with Gasteiger partial charge in [0.05, 0.1) is 25.1 Å². The lowest BCUT2D eigenvalue weighted by atomic mass is 10.2. The monoisotopic (exact) mass is 337 g/mol. The maximum absolute atomic E-state index is 13.5. The van der Waals surface area contributed by atoms with Crippen LogP contribution >= 0.6 is 0 Å². The Balaban J connectivity index is 2.01. The van der Waals surface area contributed by atoms with Gasteiger partial charge in [0, 0.05) is 5.56 Å². The zero-order chi connectivity index (χ0) is 25.8. The fourth-order valence-electron chi connectivity index (χ4n) is 2.08. The highest BCUT2D eigenvalue weighted by molar-refractivity contribution is 6.12. The van der Waals surface area contributed by atoms with Gasteiger partial charge >= 0.3 is 6.03 Å². The van der Waals surface area contributed by atoms with E-state index in [1.807, 2.05) is 0 Å². The van der Waals surface area contributed by atoms with Gasteiger partial charge in [0.2, 0.25) is 0 Å². The molecule has 0 aromatic heterocycles. The molecule has 0 aliphatic carbocycles. The number of amides is 2. The van der Waals surface area contributed by atoms with Crippen molar-refractivity contribution in [3.63, 3.8) is 0 Å². The molecule has 4 rings (SSSR count). The summed E-state index contributed by atoms with van der Waals surface area (Å²) in [5.74, 6) is -0.163. The number of para-hydroxylation sites is 2. The highest BCUT2D eigenvalue weighted by Crippen LogP contribution is 2.24. The molecule has 1 radical (unpaired) electrons. The summed E-state index contributed by atoms with van der Waals surface area (Å²) in [6.07, 6.45) is 0. The Labute approximate surface area is 159 Å². The van der Waals surface area contributed by atoms with E-state index in [9.17, 15) is 4.79 Å². The Bertz CT molecular complexity index is 1360. The molecule has 2 amide bonds. The molecular weight excluding hydrogens is 312 g/mol. The summed E-state index contributed by atoms with van der Waals surface area (Å²) in [6, 6.07) is -0.0921. The standard InChI is InChI=1S/C20H15N4O/c25-20-23(17-12-6-2-7-13-17)21-19(16-10-4-1-5-11-16)22-24(20)18-14-8-3-9-15-18/h1-15H/i2D,3D,6D,7D,8D,9D,12D,13D,14D,15D. The van der Waals surface area contributed by atoms with Crippen LogP contribution in [0, 0.1) is 0 Å². The van der Waals surface area contributed by atoms with Crippen molar-refractivity contribution in [2.24, 2.45) is 5.10 Å². The normalized spacial score (nSPS) is 19.7. The van der Waals surface area contributed by atoms with Crippen LogP contribution < -0.4 is 15.4 Å². The van der Waals surface area contributed by atoms with Gasteiger partial charge < -0.3 is 0 Å². The molecule has 0 bridgehead atoms. The molecule has 121 valence electrons. The first-order valence-corrected chi connectivity index (χ1v) is 7.11. The van der Waals surface area contributed by atoms with Gasteiger partial charge in [0.1, 0.15) is 0 Å². The third kappa shape index (κ3) is 2.95. The number of rotatable bonds is 3. The Kier molecular flexibility index (Phi) is 1.95. The minimum Gasteiger partial charge on any atom is -0.244 e. The molecular formula is C20H15N4O. The number of urea groups is 1. The van der Waals surface area contributed by atoms with E-state index in [2.05, 4.69) is 10.5 Å². The van der Waals surface area contributed by atoms with E-state index >= 15 is 0 Å². The molecule has 3 aromatic carbocycles. The van der Waals surface area contributed by atoms with Crippen LogP contribution in [-0.2, 0) is 0 Å². The van der Waals surface area contributed by atoms with E-state index in [1.165, 1.54) is 0 Å². The van der Waals surface area contributed by atoms with Crippen LogP contribution in [-0.4, -0.2) is 11.9 Å². The van der Waals surface area contributed by atoms with Crippen LogP contribution in [0.5, 0.6) is 0 Å². The molecule has 0 spiro atoms. The molecule has 5 nitrogen and oxygen atoms in total. The molecule has 1 heterocycles. The minimum absolute atomic E-state index is 0.163. The lowest BCUT2D eigenvalue weighted by Crippen LogP contribution is -2.52. The Morgan fingerprint density at radius 1 is 0.760 bits per heavy atom. The van der Waals surface area contributed by atoms with E-state index in [0.29, 0.717) is 15.6 Å². The van der Waals surface area contributed by atoms with E-state index < -0.39 is 77.8 Å². The summed E-state index contributed by atoms with van der Waals surface area (Å²) in [5, 5.41) is 5.15. The average Bonchev–Trinajstić information content (AvgIpc) is 2.86. The van der Waals surface area contributed by atoms with Crippen LogP contribution in [0.4, 0.5) is 16.2 Å². The molecule has 1 aliphatic heterocycles. The SMILES string of the molecule is [2H]c1c([2H])c([2H])c(N2[N]C(c3ccccc3)=NN(c3c([2H])c([2H])c([2H])c([2H])c3[2H])C2=O)c([2H])c1[2H]. The number of carbonyl (C=O) groups is 1. The summed E-state index contributed by atoms with van der Waals surface area (Å²) in [7, 11) is 0. The molecule has 0 N–H and O–H groups in total. The van der Waals surface area contributed by atoms with Crippen molar-refractivity contribution in [3.05, 3.63) is 96.3 Å². The van der Waals surface area contributed by atoms with Crippen molar-refractivity contribution >= 4 is 23.2 Å². The Morgan fingerprint density at radius 3 is 1.92 bits per heavy atom.